The topological polar surface area (TPSA) is 62.3 Å². The summed E-state index contributed by atoms with van der Waals surface area (Å²) in [6.45, 7) is 9.14. The number of carbonyl (C=O) groups is 2. The number of pyridine rings is 1. The number of aromatic nitrogens is 1. The largest absolute Gasteiger partial charge is 0.326 e. The number of nitrogens with zero attached hydrogens (tertiary/aromatic N) is 2. The third-order valence-corrected chi connectivity index (χ3v) is 10.1. The summed E-state index contributed by atoms with van der Waals surface area (Å²) in [4.78, 5) is 32.3. The van der Waals surface area contributed by atoms with Gasteiger partial charge in [0.1, 0.15) is 0 Å². The van der Waals surface area contributed by atoms with Crippen molar-refractivity contribution >= 4 is 17.5 Å². The predicted molar refractivity (Wildman–Crippen MR) is 130 cm³/mol. The van der Waals surface area contributed by atoms with Crippen LogP contribution in [0.15, 0.2) is 29.6 Å². The minimum Gasteiger partial charge on any atom is -0.326 e. The first-order valence-corrected chi connectivity index (χ1v) is 12.9. The van der Waals surface area contributed by atoms with Gasteiger partial charge in [-0.05, 0) is 87.2 Å². The monoisotopic (exact) mass is 449 g/mol. The summed E-state index contributed by atoms with van der Waals surface area (Å²) in [5.41, 5.74) is 4.72. The van der Waals surface area contributed by atoms with Crippen LogP contribution in [-0.4, -0.2) is 28.7 Å². The van der Waals surface area contributed by atoms with Gasteiger partial charge in [-0.25, -0.2) is 0 Å². The van der Waals surface area contributed by atoms with Crippen molar-refractivity contribution in [1.82, 2.24) is 9.88 Å². The highest BCUT2D eigenvalue weighted by atomic mass is 16.2. The maximum atomic E-state index is 13.5. The number of hydrogen-bond acceptors (Lipinski definition) is 3. The molecular weight excluding hydrogens is 410 g/mol. The normalized spacial score (nSPS) is 38.0. The Labute approximate surface area is 198 Å². The van der Waals surface area contributed by atoms with Crippen LogP contribution in [0.2, 0.25) is 0 Å². The Kier molecular flexibility index (Phi) is 5.45. The maximum Gasteiger partial charge on any atom is 0.228 e. The number of amides is 2. The van der Waals surface area contributed by atoms with Crippen LogP contribution in [0.1, 0.15) is 78.3 Å². The molecule has 0 aromatic carbocycles. The van der Waals surface area contributed by atoms with Crippen molar-refractivity contribution in [3.8, 4) is 0 Å². The van der Waals surface area contributed by atoms with E-state index in [0.29, 0.717) is 24.2 Å². The summed E-state index contributed by atoms with van der Waals surface area (Å²) in [7, 11) is 1.98. The van der Waals surface area contributed by atoms with E-state index in [1.807, 2.05) is 24.1 Å². The van der Waals surface area contributed by atoms with Gasteiger partial charge in [-0.1, -0.05) is 26.3 Å². The van der Waals surface area contributed by atoms with E-state index in [4.69, 9.17) is 0 Å². The molecule has 4 aliphatic rings. The lowest BCUT2D eigenvalue weighted by molar-refractivity contribution is -0.137. The molecule has 1 aliphatic heterocycles. The van der Waals surface area contributed by atoms with Crippen LogP contribution < -0.4 is 5.32 Å². The minimum atomic E-state index is 0.0520. The number of nitrogens with one attached hydrogen (secondary N) is 1. The summed E-state index contributed by atoms with van der Waals surface area (Å²) >= 11 is 0. The van der Waals surface area contributed by atoms with Crippen LogP contribution in [0.4, 0.5) is 5.69 Å². The van der Waals surface area contributed by atoms with Crippen LogP contribution in [-0.2, 0) is 16.0 Å². The molecule has 5 nitrogen and oxygen atoms in total. The van der Waals surface area contributed by atoms with Crippen LogP contribution in [0.5, 0.6) is 0 Å². The third kappa shape index (κ3) is 3.37. The SMILES string of the molecule is CCc1cc(NC(=O)[C@H]2CC[C@H]3[C@@H]4CC(C)=C5N(C)C(=O)CC[C@]5(C)[C@H]4CC[C@]23C)ccn1. The van der Waals surface area contributed by atoms with Crippen molar-refractivity contribution in [3.05, 3.63) is 35.3 Å². The van der Waals surface area contributed by atoms with Crippen LogP contribution in [0.3, 0.4) is 0 Å². The van der Waals surface area contributed by atoms with Crippen molar-refractivity contribution in [2.45, 2.75) is 79.1 Å². The zero-order valence-corrected chi connectivity index (χ0v) is 20.9. The molecule has 2 heterocycles. The third-order valence-electron chi connectivity index (χ3n) is 10.1. The molecule has 0 unspecified atom stereocenters. The zero-order chi connectivity index (χ0) is 23.5. The van der Waals surface area contributed by atoms with E-state index in [-0.39, 0.29) is 28.6 Å². The molecule has 1 aromatic rings. The molecule has 2 saturated carbocycles. The molecule has 3 fully saturated rings. The van der Waals surface area contributed by atoms with E-state index in [9.17, 15) is 9.59 Å². The fraction of sp³-hybridized carbons (Fsp3) is 0.679. The van der Waals surface area contributed by atoms with Gasteiger partial charge in [-0.3, -0.25) is 14.6 Å². The molecule has 1 aromatic heterocycles. The highest BCUT2D eigenvalue weighted by Gasteiger charge is 2.61. The number of anilines is 1. The number of piperidine rings is 1. The first kappa shape index (κ1) is 22.6. The van der Waals surface area contributed by atoms with Crippen molar-refractivity contribution < 1.29 is 9.59 Å². The van der Waals surface area contributed by atoms with Gasteiger partial charge < -0.3 is 10.2 Å². The van der Waals surface area contributed by atoms with Crippen molar-refractivity contribution in [2.24, 2.45) is 34.5 Å². The van der Waals surface area contributed by atoms with Gasteiger partial charge in [-0.2, -0.15) is 0 Å². The van der Waals surface area contributed by atoms with Crippen molar-refractivity contribution in [1.29, 1.82) is 0 Å². The first-order chi connectivity index (χ1) is 15.7. The number of carbonyl (C=O) groups excluding carboxylic acids is 2. The molecule has 0 bridgehead atoms. The first-order valence-electron chi connectivity index (χ1n) is 12.9. The van der Waals surface area contributed by atoms with Crippen LogP contribution in [0.25, 0.3) is 0 Å². The molecular formula is C28H39N3O2. The second kappa shape index (κ2) is 7.95. The number of aryl methyl sites for hydroxylation is 1. The summed E-state index contributed by atoms with van der Waals surface area (Å²) in [5.74, 6) is 2.32. The Bertz CT molecular complexity index is 1020. The molecule has 1 saturated heterocycles. The highest BCUT2D eigenvalue weighted by molar-refractivity contribution is 5.93. The quantitative estimate of drug-likeness (QED) is 0.655. The average Bonchev–Trinajstić information content (AvgIpc) is 3.14. The molecule has 0 radical (unpaired) electrons. The van der Waals surface area contributed by atoms with Gasteiger partial charge in [0.15, 0.2) is 0 Å². The van der Waals surface area contributed by atoms with Crippen molar-refractivity contribution in [2.75, 3.05) is 12.4 Å². The summed E-state index contributed by atoms with van der Waals surface area (Å²) in [6.07, 6.45) is 9.74. The standard InChI is InChI=1S/C28H39N3O2/c1-6-18-16-19(11-14-29-18)30-26(33)23-8-7-21-20-15-17(2)25-28(4,13-10-24(32)31(25)5)22(20)9-12-27(21,23)3/h11,14,16,20-23H,6-10,12-13,15H2,1-5H3,(H,29,30,33)/t20-,21-,22-,23+,27-,28+/m0/s1. The van der Waals surface area contributed by atoms with Gasteiger partial charge >= 0.3 is 0 Å². The molecule has 6 atom stereocenters. The highest BCUT2D eigenvalue weighted by Crippen LogP contribution is 2.66. The Morgan fingerprint density at radius 3 is 2.76 bits per heavy atom. The van der Waals surface area contributed by atoms with Crippen molar-refractivity contribution in [3.63, 3.8) is 0 Å². The maximum absolute atomic E-state index is 13.5. The predicted octanol–water partition coefficient (Wildman–Crippen LogP) is 5.58. The van der Waals surface area contributed by atoms with E-state index in [0.717, 1.165) is 56.3 Å². The van der Waals surface area contributed by atoms with Gasteiger partial charge in [-0.15, -0.1) is 0 Å². The summed E-state index contributed by atoms with van der Waals surface area (Å²) in [5, 5.41) is 3.23. The van der Waals surface area contributed by atoms with E-state index >= 15 is 0 Å². The Balaban J connectivity index is 1.40. The number of likely N-dealkylation sites (tertiary alicyclic amines) is 1. The lowest BCUT2D eigenvalue weighted by atomic mass is 9.48. The average molecular weight is 450 g/mol. The number of fused-ring (bicyclic) bond motifs is 5. The Morgan fingerprint density at radius 1 is 1.21 bits per heavy atom. The Hall–Kier alpha value is -2.17. The molecule has 1 N–H and O–H groups in total. The second-order valence-electron chi connectivity index (χ2n) is 11.6. The van der Waals surface area contributed by atoms with Gasteiger partial charge in [0, 0.05) is 48.1 Å². The van der Waals surface area contributed by atoms with E-state index < -0.39 is 0 Å². The number of hydrogen-bond donors (Lipinski definition) is 1. The number of allylic oxidation sites excluding steroid dienone is 2. The molecule has 178 valence electrons. The van der Waals surface area contributed by atoms with E-state index in [1.165, 1.54) is 11.3 Å². The summed E-state index contributed by atoms with van der Waals surface area (Å²) < 4.78 is 0. The van der Waals surface area contributed by atoms with E-state index in [1.54, 1.807) is 6.20 Å². The van der Waals surface area contributed by atoms with Crippen LogP contribution in [0, 0.1) is 34.5 Å². The zero-order valence-electron chi connectivity index (χ0n) is 20.9. The fourth-order valence-electron chi connectivity index (χ4n) is 8.52. The van der Waals surface area contributed by atoms with E-state index in [2.05, 4.69) is 38.0 Å². The second-order valence-corrected chi connectivity index (χ2v) is 11.6. The van der Waals surface area contributed by atoms with Crippen LogP contribution >= 0.6 is 0 Å². The molecule has 3 aliphatic carbocycles. The molecule has 5 rings (SSSR count). The minimum absolute atomic E-state index is 0.0520. The molecule has 5 heteroatoms. The Morgan fingerprint density at radius 2 is 2.00 bits per heavy atom. The molecule has 2 amide bonds. The van der Waals surface area contributed by atoms with Gasteiger partial charge in [0.2, 0.25) is 11.8 Å². The number of rotatable bonds is 3. The van der Waals surface area contributed by atoms with Gasteiger partial charge in [0.05, 0.1) is 0 Å². The van der Waals surface area contributed by atoms with Gasteiger partial charge in [0.25, 0.3) is 0 Å². The smallest absolute Gasteiger partial charge is 0.228 e. The fourth-order valence-corrected chi connectivity index (χ4v) is 8.52. The lowest BCUT2D eigenvalue weighted by Crippen LogP contribution is -2.54. The lowest BCUT2D eigenvalue weighted by Gasteiger charge is -2.59. The molecule has 0 spiro atoms. The molecule has 33 heavy (non-hydrogen) atoms. The summed E-state index contributed by atoms with van der Waals surface area (Å²) in [6, 6.07) is 3.91.